The van der Waals surface area contributed by atoms with Crippen LogP contribution in [0.3, 0.4) is 0 Å². The van der Waals surface area contributed by atoms with Gasteiger partial charge in [0.15, 0.2) is 0 Å². The van der Waals surface area contributed by atoms with E-state index < -0.39 is 5.60 Å². The van der Waals surface area contributed by atoms with Crippen molar-refractivity contribution in [2.24, 2.45) is 0 Å². The normalized spacial score (nSPS) is 11.2. The fourth-order valence-electron chi connectivity index (χ4n) is 1.62. The van der Waals surface area contributed by atoms with Gasteiger partial charge in [0.2, 0.25) is 0 Å². The molecule has 0 aromatic carbocycles. The predicted octanol–water partition coefficient (Wildman–Crippen LogP) is 3.06. The zero-order valence-electron chi connectivity index (χ0n) is 12.4. The van der Waals surface area contributed by atoms with E-state index in [9.17, 15) is 4.79 Å². The van der Waals surface area contributed by atoms with E-state index in [1.807, 2.05) is 46.8 Å². The molecule has 0 bridgehead atoms. The van der Waals surface area contributed by atoms with Crippen molar-refractivity contribution in [2.75, 3.05) is 6.61 Å². The lowest BCUT2D eigenvalue weighted by Crippen LogP contribution is -2.24. The minimum Gasteiger partial charge on any atom is -0.491 e. The van der Waals surface area contributed by atoms with E-state index in [1.54, 1.807) is 0 Å². The summed E-state index contributed by atoms with van der Waals surface area (Å²) in [6.45, 7) is 9.85. The molecule has 106 valence electrons. The van der Waals surface area contributed by atoms with Crippen LogP contribution in [0.4, 0.5) is 0 Å². The molecular formula is C15H23NO3. The number of pyridine rings is 1. The van der Waals surface area contributed by atoms with Gasteiger partial charge in [-0.2, -0.15) is 0 Å². The zero-order valence-corrected chi connectivity index (χ0v) is 12.4. The average Bonchev–Trinajstić information content (AvgIpc) is 2.28. The highest BCUT2D eigenvalue weighted by Crippen LogP contribution is 2.18. The van der Waals surface area contributed by atoms with Crippen LogP contribution in [0.25, 0.3) is 0 Å². The largest absolute Gasteiger partial charge is 0.491 e. The molecule has 0 unspecified atom stereocenters. The number of nitrogens with zero attached hydrogens (tertiary/aromatic N) is 1. The third-order valence-corrected chi connectivity index (χ3v) is 2.39. The van der Waals surface area contributed by atoms with E-state index >= 15 is 0 Å². The van der Waals surface area contributed by atoms with Crippen molar-refractivity contribution < 1.29 is 14.3 Å². The predicted molar refractivity (Wildman–Crippen MR) is 74.3 cm³/mol. The second-order valence-electron chi connectivity index (χ2n) is 5.44. The number of aromatic nitrogens is 1. The molecule has 0 aliphatic rings. The monoisotopic (exact) mass is 265 g/mol. The Morgan fingerprint density at radius 1 is 1.32 bits per heavy atom. The minimum atomic E-state index is -0.447. The molecule has 1 rings (SSSR count). The van der Waals surface area contributed by atoms with Crippen LogP contribution in [0.15, 0.2) is 12.1 Å². The first-order valence-electron chi connectivity index (χ1n) is 6.63. The summed E-state index contributed by atoms with van der Waals surface area (Å²) in [5, 5.41) is 0. The number of carbonyl (C=O) groups is 1. The van der Waals surface area contributed by atoms with Crippen LogP contribution in [0.1, 0.15) is 45.5 Å². The Labute approximate surface area is 115 Å². The van der Waals surface area contributed by atoms with E-state index in [4.69, 9.17) is 9.47 Å². The lowest BCUT2D eigenvalue weighted by Gasteiger charge is -2.19. The average molecular weight is 265 g/mol. The number of hydrogen-bond donors (Lipinski definition) is 0. The Balaban J connectivity index is 2.47. The number of rotatable bonds is 5. The lowest BCUT2D eigenvalue weighted by atomic mass is 10.2. The van der Waals surface area contributed by atoms with Crippen molar-refractivity contribution in [3.8, 4) is 5.75 Å². The molecule has 0 N–H and O–H groups in total. The smallest absolute Gasteiger partial charge is 0.309 e. The highest BCUT2D eigenvalue weighted by Gasteiger charge is 2.16. The van der Waals surface area contributed by atoms with Crippen molar-refractivity contribution in [1.82, 2.24) is 4.98 Å². The molecule has 0 amide bonds. The zero-order chi connectivity index (χ0) is 14.5. The fourth-order valence-corrected chi connectivity index (χ4v) is 1.62. The first-order valence-corrected chi connectivity index (χ1v) is 6.63. The molecule has 19 heavy (non-hydrogen) atoms. The molecule has 4 nitrogen and oxygen atoms in total. The summed E-state index contributed by atoms with van der Waals surface area (Å²) in [4.78, 5) is 15.9. The Hall–Kier alpha value is -1.58. The number of carbonyl (C=O) groups excluding carboxylic acids is 1. The van der Waals surface area contributed by atoms with E-state index in [0.717, 1.165) is 23.6 Å². The maximum absolute atomic E-state index is 11.5. The molecule has 0 saturated heterocycles. The maximum atomic E-state index is 11.5. The molecule has 0 saturated carbocycles. The Morgan fingerprint density at radius 3 is 2.58 bits per heavy atom. The van der Waals surface area contributed by atoms with Crippen molar-refractivity contribution in [1.29, 1.82) is 0 Å². The summed E-state index contributed by atoms with van der Waals surface area (Å²) in [7, 11) is 0. The third kappa shape index (κ3) is 5.73. The summed E-state index contributed by atoms with van der Waals surface area (Å²) in [5.74, 6) is 0.502. The molecule has 0 aliphatic carbocycles. The third-order valence-electron chi connectivity index (χ3n) is 2.39. The number of ether oxygens (including phenoxy) is 2. The van der Waals surface area contributed by atoms with Crippen LogP contribution >= 0.6 is 0 Å². The van der Waals surface area contributed by atoms with Gasteiger partial charge < -0.3 is 9.47 Å². The molecular weight excluding hydrogens is 242 g/mol. The van der Waals surface area contributed by atoms with E-state index in [-0.39, 0.29) is 12.4 Å². The molecule has 0 aliphatic heterocycles. The standard InChI is InChI=1S/C15H23NO3/c1-6-12-13(8-7-11(2)16-12)18-10-9-14(17)19-15(3,4)5/h7-8H,6,9-10H2,1-5H3. The second-order valence-corrected chi connectivity index (χ2v) is 5.44. The van der Waals surface area contributed by atoms with Gasteiger partial charge in [0.05, 0.1) is 18.7 Å². The van der Waals surface area contributed by atoms with Crippen molar-refractivity contribution >= 4 is 5.97 Å². The second kappa shape index (κ2) is 6.55. The van der Waals surface area contributed by atoms with Crippen LogP contribution in [0, 0.1) is 6.92 Å². The Bertz CT molecular complexity index is 436. The first-order chi connectivity index (χ1) is 8.81. The van der Waals surface area contributed by atoms with Gasteiger partial charge in [-0.3, -0.25) is 9.78 Å². The number of aryl methyl sites for hydroxylation is 2. The van der Waals surface area contributed by atoms with E-state index in [2.05, 4.69) is 4.98 Å². The quantitative estimate of drug-likeness (QED) is 0.768. The maximum Gasteiger partial charge on any atom is 0.309 e. The van der Waals surface area contributed by atoms with E-state index in [1.165, 1.54) is 0 Å². The van der Waals surface area contributed by atoms with Gasteiger partial charge in [-0.1, -0.05) is 6.92 Å². The van der Waals surface area contributed by atoms with Gasteiger partial charge in [-0.05, 0) is 46.2 Å². The highest BCUT2D eigenvalue weighted by molar-refractivity contribution is 5.69. The van der Waals surface area contributed by atoms with Gasteiger partial charge >= 0.3 is 5.97 Å². The summed E-state index contributed by atoms with van der Waals surface area (Å²) >= 11 is 0. The molecule has 0 fully saturated rings. The van der Waals surface area contributed by atoms with Crippen molar-refractivity contribution in [2.45, 2.75) is 53.1 Å². The number of esters is 1. The Morgan fingerprint density at radius 2 is 2.00 bits per heavy atom. The summed E-state index contributed by atoms with van der Waals surface area (Å²) < 4.78 is 10.8. The lowest BCUT2D eigenvalue weighted by molar-refractivity contribution is -0.155. The van der Waals surface area contributed by atoms with Crippen LogP contribution in [0.5, 0.6) is 5.75 Å². The van der Waals surface area contributed by atoms with Crippen molar-refractivity contribution in [3.05, 3.63) is 23.5 Å². The molecule has 1 heterocycles. The minimum absolute atomic E-state index is 0.244. The van der Waals surface area contributed by atoms with E-state index in [0.29, 0.717) is 6.61 Å². The Kier molecular flexibility index (Phi) is 5.33. The number of hydrogen-bond acceptors (Lipinski definition) is 4. The van der Waals surface area contributed by atoms with Gasteiger partial charge in [0, 0.05) is 5.69 Å². The molecule has 0 spiro atoms. The van der Waals surface area contributed by atoms with Crippen molar-refractivity contribution in [3.63, 3.8) is 0 Å². The fraction of sp³-hybridized carbons (Fsp3) is 0.600. The van der Waals surface area contributed by atoms with Gasteiger partial charge in [-0.25, -0.2) is 0 Å². The summed E-state index contributed by atoms with van der Waals surface area (Å²) in [6.07, 6.45) is 1.05. The molecule has 1 aromatic rings. The van der Waals surface area contributed by atoms with Crippen LogP contribution in [-0.4, -0.2) is 23.2 Å². The van der Waals surface area contributed by atoms with Crippen LogP contribution < -0.4 is 4.74 Å². The molecule has 0 atom stereocenters. The summed E-state index contributed by atoms with van der Waals surface area (Å²) in [6, 6.07) is 3.80. The van der Waals surface area contributed by atoms with Gasteiger partial charge in [-0.15, -0.1) is 0 Å². The highest BCUT2D eigenvalue weighted by atomic mass is 16.6. The topological polar surface area (TPSA) is 48.4 Å². The molecule has 0 radical (unpaired) electrons. The molecule has 1 aromatic heterocycles. The van der Waals surface area contributed by atoms with Gasteiger partial charge in [0.25, 0.3) is 0 Å². The molecule has 4 heteroatoms. The van der Waals surface area contributed by atoms with Crippen LogP contribution in [-0.2, 0) is 16.0 Å². The summed E-state index contributed by atoms with van der Waals surface area (Å²) in [5.41, 5.74) is 1.44. The first kappa shape index (κ1) is 15.5. The SMILES string of the molecule is CCc1nc(C)ccc1OCCC(=O)OC(C)(C)C. The van der Waals surface area contributed by atoms with Gasteiger partial charge in [0.1, 0.15) is 11.4 Å². The van der Waals surface area contributed by atoms with Crippen LogP contribution in [0.2, 0.25) is 0 Å².